The molecule has 1 aromatic rings. The molecule has 1 aromatic heterocycles. The molecular formula is C13H18BrN3O3S. The zero-order valence-electron chi connectivity index (χ0n) is 11.7. The fourth-order valence-electron chi connectivity index (χ4n) is 2.48. The molecule has 0 unspecified atom stereocenters. The Kier molecular flexibility index (Phi) is 5.21. The summed E-state index contributed by atoms with van der Waals surface area (Å²) < 4.78 is 0.820. The fraction of sp³-hybridized carbons (Fsp3) is 0.615. The van der Waals surface area contributed by atoms with Crippen molar-refractivity contribution >= 4 is 44.4 Å². The zero-order chi connectivity index (χ0) is 15.5. The highest BCUT2D eigenvalue weighted by atomic mass is 79.9. The molecule has 3 N–H and O–H groups in total. The summed E-state index contributed by atoms with van der Waals surface area (Å²) in [5, 5.41) is 15.2. The van der Waals surface area contributed by atoms with Gasteiger partial charge in [0.25, 0.3) is 0 Å². The Morgan fingerprint density at radius 3 is 2.71 bits per heavy atom. The lowest BCUT2D eigenvalue weighted by atomic mass is 9.71. The molecule has 8 heteroatoms. The lowest BCUT2D eigenvalue weighted by Crippen LogP contribution is -2.46. The van der Waals surface area contributed by atoms with Gasteiger partial charge in [0.15, 0.2) is 5.13 Å². The molecule has 2 rings (SSSR count). The van der Waals surface area contributed by atoms with Crippen molar-refractivity contribution in [2.75, 3.05) is 11.9 Å². The number of halogens is 1. The number of carbonyl (C=O) groups excluding carboxylic acids is 1. The Morgan fingerprint density at radius 2 is 2.19 bits per heavy atom. The van der Waals surface area contributed by atoms with Gasteiger partial charge in [-0.15, -0.1) is 0 Å². The third-order valence-electron chi connectivity index (χ3n) is 3.97. The monoisotopic (exact) mass is 375 g/mol. The highest BCUT2D eigenvalue weighted by Crippen LogP contribution is 2.38. The molecule has 1 saturated carbocycles. The van der Waals surface area contributed by atoms with Crippen molar-refractivity contribution in [3.8, 4) is 0 Å². The molecule has 2 amide bonds. The van der Waals surface area contributed by atoms with Gasteiger partial charge in [-0.25, -0.2) is 9.78 Å². The molecule has 0 aromatic carbocycles. The number of amides is 2. The van der Waals surface area contributed by atoms with Gasteiger partial charge in [0, 0.05) is 6.54 Å². The largest absolute Gasteiger partial charge is 0.481 e. The first-order valence-electron chi connectivity index (χ1n) is 6.81. The maximum absolute atomic E-state index is 11.8. The van der Waals surface area contributed by atoms with Crippen molar-refractivity contribution in [2.45, 2.75) is 32.6 Å². The summed E-state index contributed by atoms with van der Waals surface area (Å²) in [6, 6.07) is -0.420. The molecular weight excluding hydrogens is 358 g/mol. The molecule has 0 radical (unpaired) electrons. The van der Waals surface area contributed by atoms with Crippen molar-refractivity contribution in [1.29, 1.82) is 0 Å². The van der Waals surface area contributed by atoms with Gasteiger partial charge < -0.3 is 10.4 Å². The number of hydrogen-bond donors (Lipinski definition) is 3. The van der Waals surface area contributed by atoms with E-state index in [9.17, 15) is 14.7 Å². The molecule has 1 heterocycles. The second-order valence-electron chi connectivity index (χ2n) is 5.55. The highest BCUT2D eigenvalue weighted by Gasteiger charge is 2.41. The van der Waals surface area contributed by atoms with Crippen LogP contribution >= 0.6 is 27.3 Å². The van der Waals surface area contributed by atoms with Gasteiger partial charge in [0.2, 0.25) is 0 Å². The maximum atomic E-state index is 11.8. The number of carbonyl (C=O) groups is 2. The molecule has 6 nitrogen and oxygen atoms in total. The van der Waals surface area contributed by atoms with Gasteiger partial charge in [-0.1, -0.05) is 18.3 Å². The number of rotatable bonds is 4. The summed E-state index contributed by atoms with van der Waals surface area (Å²) in [6.45, 7) is 2.28. The number of hydrogen-bond acceptors (Lipinski definition) is 4. The first-order chi connectivity index (χ1) is 9.91. The van der Waals surface area contributed by atoms with E-state index in [0.717, 1.165) is 16.6 Å². The van der Waals surface area contributed by atoms with E-state index in [1.807, 2.05) is 0 Å². The number of aliphatic carboxylic acids is 1. The number of anilines is 1. The second kappa shape index (κ2) is 6.74. The third kappa shape index (κ3) is 4.16. The summed E-state index contributed by atoms with van der Waals surface area (Å²) >= 11 is 4.56. The minimum atomic E-state index is -0.840. The van der Waals surface area contributed by atoms with Gasteiger partial charge in [-0.05, 0) is 47.5 Å². The average Bonchev–Trinajstić information content (AvgIpc) is 2.83. The minimum absolute atomic E-state index is 0.146. The van der Waals surface area contributed by atoms with Crippen LogP contribution in [0.3, 0.4) is 0 Å². The molecule has 21 heavy (non-hydrogen) atoms. The molecule has 0 spiro atoms. The number of nitrogens with one attached hydrogen (secondary N) is 2. The number of nitrogens with zero attached hydrogens (tertiary/aromatic N) is 1. The van der Waals surface area contributed by atoms with E-state index in [-0.39, 0.29) is 6.54 Å². The van der Waals surface area contributed by atoms with Crippen LogP contribution in [0.15, 0.2) is 9.98 Å². The van der Waals surface area contributed by atoms with Crippen molar-refractivity contribution < 1.29 is 14.7 Å². The quantitative estimate of drug-likeness (QED) is 0.752. The standard InChI is InChI=1S/C13H18BrN3O3S/c1-8-2-4-13(5-3-8,10(18)19)7-16-11(20)17-12-15-6-9(14)21-12/h6,8H,2-5,7H2,1H3,(H,18,19)(H2,15,16,17,20). The van der Waals surface area contributed by atoms with E-state index in [1.54, 1.807) is 6.20 Å². The van der Waals surface area contributed by atoms with Crippen molar-refractivity contribution in [2.24, 2.45) is 11.3 Å². The van der Waals surface area contributed by atoms with Crippen LogP contribution in [-0.4, -0.2) is 28.6 Å². The van der Waals surface area contributed by atoms with Gasteiger partial charge >= 0.3 is 12.0 Å². The molecule has 1 aliphatic carbocycles. The summed E-state index contributed by atoms with van der Waals surface area (Å²) in [5.41, 5.74) is -0.840. The molecule has 1 fully saturated rings. The minimum Gasteiger partial charge on any atom is -0.481 e. The number of carboxylic acid groups (broad SMARTS) is 1. The molecule has 0 bridgehead atoms. The predicted octanol–water partition coefficient (Wildman–Crippen LogP) is 3.31. The number of carboxylic acids is 1. The molecule has 116 valence electrons. The second-order valence-corrected chi connectivity index (χ2v) is 7.96. The van der Waals surface area contributed by atoms with Crippen LogP contribution in [0.5, 0.6) is 0 Å². The number of thiazole rings is 1. The average molecular weight is 376 g/mol. The first-order valence-corrected chi connectivity index (χ1v) is 8.42. The van der Waals surface area contributed by atoms with Crippen LogP contribution in [0.25, 0.3) is 0 Å². The summed E-state index contributed by atoms with van der Waals surface area (Å²) in [5.74, 6) is -0.273. The normalized spacial score (nSPS) is 25.3. The van der Waals surface area contributed by atoms with Crippen molar-refractivity contribution in [3.63, 3.8) is 0 Å². The predicted molar refractivity (Wildman–Crippen MR) is 84.5 cm³/mol. The van der Waals surface area contributed by atoms with Gasteiger partial charge in [0.05, 0.1) is 15.4 Å². The number of urea groups is 1. The van der Waals surface area contributed by atoms with E-state index in [0.29, 0.717) is 23.9 Å². The van der Waals surface area contributed by atoms with Crippen LogP contribution in [0, 0.1) is 11.3 Å². The lowest BCUT2D eigenvalue weighted by molar-refractivity contribution is -0.151. The summed E-state index contributed by atoms with van der Waals surface area (Å²) in [7, 11) is 0. The number of aromatic nitrogens is 1. The van der Waals surface area contributed by atoms with Crippen LogP contribution in [0.1, 0.15) is 32.6 Å². The van der Waals surface area contributed by atoms with E-state index in [2.05, 4.69) is 38.5 Å². The summed E-state index contributed by atoms with van der Waals surface area (Å²) in [6.07, 6.45) is 4.57. The Morgan fingerprint density at radius 1 is 1.52 bits per heavy atom. The van der Waals surface area contributed by atoms with Crippen molar-refractivity contribution in [1.82, 2.24) is 10.3 Å². The van der Waals surface area contributed by atoms with Crippen LogP contribution in [-0.2, 0) is 4.79 Å². The lowest BCUT2D eigenvalue weighted by Gasteiger charge is -2.35. The zero-order valence-corrected chi connectivity index (χ0v) is 14.1. The van der Waals surface area contributed by atoms with Crippen LogP contribution in [0.2, 0.25) is 0 Å². The van der Waals surface area contributed by atoms with Gasteiger partial charge in [0.1, 0.15) is 0 Å². The Balaban J connectivity index is 1.90. The van der Waals surface area contributed by atoms with Crippen LogP contribution < -0.4 is 10.6 Å². The van der Waals surface area contributed by atoms with E-state index in [4.69, 9.17) is 0 Å². The van der Waals surface area contributed by atoms with Crippen LogP contribution in [0.4, 0.5) is 9.93 Å². The van der Waals surface area contributed by atoms with E-state index in [1.165, 1.54) is 11.3 Å². The van der Waals surface area contributed by atoms with Gasteiger partial charge in [-0.2, -0.15) is 0 Å². The van der Waals surface area contributed by atoms with Gasteiger partial charge in [-0.3, -0.25) is 10.1 Å². The smallest absolute Gasteiger partial charge is 0.321 e. The first kappa shape index (κ1) is 16.2. The van der Waals surface area contributed by atoms with Crippen molar-refractivity contribution in [3.05, 3.63) is 9.98 Å². The maximum Gasteiger partial charge on any atom is 0.321 e. The SMILES string of the molecule is CC1CCC(CNC(=O)Nc2ncc(Br)s2)(C(=O)O)CC1. The fourth-order valence-corrected chi connectivity index (χ4v) is 3.59. The third-order valence-corrected chi connectivity index (χ3v) is 5.36. The molecule has 0 aliphatic heterocycles. The van der Waals surface area contributed by atoms with E-state index >= 15 is 0 Å². The Bertz CT molecular complexity index is 526. The van der Waals surface area contributed by atoms with E-state index < -0.39 is 17.4 Å². The molecule has 0 atom stereocenters. The summed E-state index contributed by atoms with van der Waals surface area (Å²) in [4.78, 5) is 27.4. The topological polar surface area (TPSA) is 91.3 Å². The molecule has 0 saturated heterocycles. The Labute approximate surface area is 135 Å². The highest BCUT2D eigenvalue weighted by molar-refractivity contribution is 9.11. The molecule has 1 aliphatic rings. The Hall–Kier alpha value is -1.15.